The summed E-state index contributed by atoms with van der Waals surface area (Å²) in [5.74, 6) is -0.511. The monoisotopic (exact) mass is 507 g/mol. The molecule has 1 atom stereocenters. The van der Waals surface area contributed by atoms with Crippen LogP contribution in [0.25, 0.3) is 0 Å². The van der Waals surface area contributed by atoms with Crippen molar-refractivity contribution in [1.29, 1.82) is 5.41 Å². The van der Waals surface area contributed by atoms with Crippen molar-refractivity contribution in [1.82, 2.24) is 14.9 Å². The summed E-state index contributed by atoms with van der Waals surface area (Å²) in [5, 5.41) is 15.0. The van der Waals surface area contributed by atoms with Gasteiger partial charge in [0.25, 0.3) is 0 Å². The number of rotatable bonds is 6. The van der Waals surface area contributed by atoms with Crippen molar-refractivity contribution in [3.8, 4) is 0 Å². The van der Waals surface area contributed by atoms with Crippen molar-refractivity contribution in [3.63, 3.8) is 0 Å². The number of halogens is 4. The highest BCUT2D eigenvalue weighted by atomic mass is 19.4. The maximum atomic E-state index is 13.8. The second kappa shape index (κ2) is 11.0. The highest BCUT2D eigenvalue weighted by Crippen LogP contribution is 2.34. The molecule has 0 amide bonds. The molecule has 2 fully saturated rings. The van der Waals surface area contributed by atoms with E-state index in [1.807, 2.05) is 13.0 Å². The van der Waals surface area contributed by atoms with E-state index in [0.717, 1.165) is 69.9 Å². The molecule has 2 heterocycles. The summed E-state index contributed by atoms with van der Waals surface area (Å²) in [6, 6.07) is 4.69. The molecule has 196 valence electrons. The number of anilines is 3. The first-order chi connectivity index (χ1) is 17.1. The molecule has 0 spiro atoms. The Labute approximate surface area is 208 Å². The zero-order chi connectivity index (χ0) is 25.9. The molecule has 1 unspecified atom stereocenters. The van der Waals surface area contributed by atoms with Gasteiger partial charge in [0.1, 0.15) is 11.6 Å². The first-order valence-corrected chi connectivity index (χ1v) is 12.5. The van der Waals surface area contributed by atoms with Gasteiger partial charge in [0.15, 0.2) is 0 Å². The van der Waals surface area contributed by atoms with Gasteiger partial charge in [-0.2, -0.15) is 18.2 Å². The Morgan fingerprint density at radius 3 is 2.58 bits per heavy atom. The van der Waals surface area contributed by atoms with Crippen LogP contribution in [0.2, 0.25) is 0 Å². The molecule has 36 heavy (non-hydrogen) atoms. The molecule has 11 heteroatoms. The van der Waals surface area contributed by atoms with E-state index in [4.69, 9.17) is 10.4 Å². The number of hydrogen-bond acceptors (Lipinski definition) is 5. The Balaban J connectivity index is 1.59. The molecule has 0 radical (unpaired) electrons. The maximum absolute atomic E-state index is 13.8. The Morgan fingerprint density at radius 1 is 1.14 bits per heavy atom. The number of likely N-dealkylation sites (tertiary alicyclic amines) is 1. The second-order valence-electron chi connectivity index (χ2n) is 9.55. The van der Waals surface area contributed by atoms with Gasteiger partial charge in [-0.15, -0.1) is 0 Å². The van der Waals surface area contributed by atoms with Gasteiger partial charge in [-0.05, 0) is 63.9 Å². The number of aromatic nitrogens is 2. The fourth-order valence-electron chi connectivity index (χ4n) is 5.03. The van der Waals surface area contributed by atoms with Gasteiger partial charge in [-0.25, -0.2) is 9.37 Å². The second-order valence-corrected chi connectivity index (χ2v) is 9.55. The highest BCUT2D eigenvalue weighted by molar-refractivity contribution is 6.02. The van der Waals surface area contributed by atoms with Crippen molar-refractivity contribution in [2.75, 3.05) is 35.2 Å². The zero-order valence-corrected chi connectivity index (χ0v) is 20.6. The number of nitrogens with one attached hydrogen (secondary N) is 3. The van der Waals surface area contributed by atoms with Gasteiger partial charge in [-0.1, -0.05) is 19.8 Å². The fourth-order valence-corrected chi connectivity index (χ4v) is 5.03. The van der Waals surface area contributed by atoms with Crippen LogP contribution < -0.4 is 15.5 Å². The molecular weight excluding hydrogens is 474 g/mol. The molecule has 1 saturated carbocycles. The van der Waals surface area contributed by atoms with E-state index < -0.39 is 17.6 Å². The quantitative estimate of drug-likeness (QED) is 0.267. The van der Waals surface area contributed by atoms with Crippen molar-refractivity contribution in [2.24, 2.45) is 0 Å². The van der Waals surface area contributed by atoms with E-state index in [-0.39, 0.29) is 23.7 Å². The van der Waals surface area contributed by atoms with Gasteiger partial charge < -0.3 is 15.5 Å². The van der Waals surface area contributed by atoms with Crippen molar-refractivity contribution in [2.45, 2.75) is 70.6 Å². The summed E-state index contributed by atoms with van der Waals surface area (Å²) < 4.78 is 53.4. The van der Waals surface area contributed by atoms with Gasteiger partial charge in [0.05, 0.1) is 5.56 Å². The average Bonchev–Trinajstić information content (AvgIpc) is 3.34. The molecule has 1 aliphatic heterocycles. The summed E-state index contributed by atoms with van der Waals surface area (Å²) in [4.78, 5) is 13.3. The molecule has 3 N–H and O–H groups in total. The number of alkyl halides is 3. The van der Waals surface area contributed by atoms with Gasteiger partial charge in [0, 0.05) is 36.1 Å². The third kappa shape index (κ3) is 6.24. The first kappa shape index (κ1) is 26.1. The molecule has 4 rings (SSSR count). The number of hydrogen-bond donors (Lipinski definition) is 3. The third-order valence-electron chi connectivity index (χ3n) is 6.83. The minimum atomic E-state index is -4.83. The molecule has 1 aromatic heterocycles. The summed E-state index contributed by atoms with van der Waals surface area (Å²) in [7, 11) is 0. The van der Waals surface area contributed by atoms with E-state index in [2.05, 4.69) is 27.4 Å². The van der Waals surface area contributed by atoms with E-state index in [0.29, 0.717) is 17.8 Å². The van der Waals surface area contributed by atoms with Crippen molar-refractivity contribution >= 4 is 23.4 Å². The largest absolute Gasteiger partial charge is 0.419 e. The lowest BCUT2D eigenvalue weighted by molar-refractivity contribution is -0.139. The van der Waals surface area contributed by atoms with Gasteiger partial charge in [-0.3, -0.25) is 10.3 Å². The van der Waals surface area contributed by atoms with Crippen LogP contribution in [0.15, 0.2) is 24.3 Å². The van der Waals surface area contributed by atoms with Crippen molar-refractivity contribution < 1.29 is 17.6 Å². The topological polar surface area (TPSA) is 80.2 Å². The van der Waals surface area contributed by atoms with E-state index in [9.17, 15) is 17.6 Å². The normalized spacial score (nSPS) is 19.3. The van der Waals surface area contributed by atoms with Crippen molar-refractivity contribution in [3.05, 3.63) is 41.3 Å². The van der Waals surface area contributed by atoms with Crippen LogP contribution in [0.5, 0.6) is 0 Å². The van der Waals surface area contributed by atoms with E-state index >= 15 is 0 Å². The zero-order valence-electron chi connectivity index (χ0n) is 20.6. The number of guanidine groups is 1. The number of piperidine rings is 1. The lowest BCUT2D eigenvalue weighted by atomic mass is 10.1. The standard InChI is InChI=1S/C25H33F4N7/c1-3-35-12-6-7-18(15-35)32-22-13-16(2)31-24(34-22)36(19-8-4-5-9-19)23(30)33-17-10-11-21(26)20(14-17)25(27,28)29/h10-11,13-14,18-19H,3-9,12,15H2,1-2H3,(H2,30,33)(H,31,32,34). The lowest BCUT2D eigenvalue weighted by Crippen LogP contribution is -2.44. The summed E-state index contributed by atoms with van der Waals surface area (Å²) in [6.07, 6.45) is 0.893. The maximum Gasteiger partial charge on any atom is 0.419 e. The Hall–Kier alpha value is -2.95. The Morgan fingerprint density at radius 2 is 1.89 bits per heavy atom. The predicted octanol–water partition coefficient (Wildman–Crippen LogP) is 5.63. The van der Waals surface area contributed by atoms with Gasteiger partial charge in [0.2, 0.25) is 11.9 Å². The summed E-state index contributed by atoms with van der Waals surface area (Å²) >= 11 is 0. The molecular formula is C25H33F4N7. The SMILES string of the molecule is CCN1CCCC(Nc2cc(C)nc(N(C(=N)Nc3ccc(F)c(C(F)(F)F)c3)C3CCCC3)n2)C1. The first-order valence-electron chi connectivity index (χ1n) is 12.5. The molecule has 1 aliphatic carbocycles. The molecule has 1 aromatic carbocycles. The Kier molecular flexibility index (Phi) is 7.97. The number of nitrogens with zero attached hydrogens (tertiary/aromatic N) is 4. The molecule has 0 bridgehead atoms. The van der Waals surface area contributed by atoms with Crippen LogP contribution in [-0.2, 0) is 6.18 Å². The number of benzene rings is 1. The van der Waals surface area contributed by atoms with Crippen LogP contribution in [0.4, 0.5) is 35.0 Å². The number of likely N-dealkylation sites (N-methyl/N-ethyl adjacent to an activating group) is 1. The van der Waals surface area contributed by atoms with Crippen LogP contribution in [0.1, 0.15) is 56.7 Å². The molecule has 2 aliphatic rings. The van der Waals surface area contributed by atoms with E-state index in [1.165, 1.54) is 6.07 Å². The van der Waals surface area contributed by atoms with E-state index in [1.54, 1.807) is 4.90 Å². The molecule has 2 aromatic rings. The van der Waals surface area contributed by atoms with Crippen LogP contribution in [-0.4, -0.2) is 52.5 Å². The predicted molar refractivity (Wildman–Crippen MR) is 133 cm³/mol. The third-order valence-corrected chi connectivity index (χ3v) is 6.83. The molecule has 7 nitrogen and oxygen atoms in total. The van der Waals surface area contributed by atoms with Crippen LogP contribution in [0.3, 0.4) is 0 Å². The molecule has 1 saturated heterocycles. The number of aryl methyl sites for hydroxylation is 1. The summed E-state index contributed by atoms with van der Waals surface area (Å²) in [6.45, 7) is 7.00. The fraction of sp³-hybridized carbons (Fsp3) is 0.560. The summed E-state index contributed by atoms with van der Waals surface area (Å²) in [5.41, 5.74) is -0.674. The van der Waals surface area contributed by atoms with Gasteiger partial charge >= 0.3 is 6.18 Å². The highest BCUT2D eigenvalue weighted by Gasteiger charge is 2.35. The minimum Gasteiger partial charge on any atom is -0.366 e. The van der Waals surface area contributed by atoms with Crippen LogP contribution in [0, 0.1) is 18.2 Å². The van der Waals surface area contributed by atoms with Crippen LogP contribution >= 0.6 is 0 Å². The smallest absolute Gasteiger partial charge is 0.366 e. The average molecular weight is 508 g/mol. The minimum absolute atomic E-state index is 0.0235. The Bertz CT molecular complexity index is 1070. The lowest BCUT2D eigenvalue weighted by Gasteiger charge is -2.33.